The molecule has 17 heavy (non-hydrogen) atoms. The Balaban J connectivity index is 3.26. The summed E-state index contributed by atoms with van der Waals surface area (Å²) in [5.41, 5.74) is 10.4. The van der Waals surface area contributed by atoms with E-state index in [2.05, 4.69) is 10.3 Å². The second-order valence-corrected chi connectivity index (χ2v) is 3.00. The zero-order valence-corrected chi connectivity index (χ0v) is 8.54. The minimum Gasteiger partial charge on any atom is -0.478 e. The molecule has 7 N–H and O–H groups in total. The zero-order chi connectivity index (χ0) is 13.0. The van der Waals surface area contributed by atoms with Gasteiger partial charge >= 0.3 is 12.1 Å². The van der Waals surface area contributed by atoms with Crippen LogP contribution < -0.4 is 16.8 Å². The number of nitrogens with zero attached hydrogens (tertiary/aromatic N) is 1. The van der Waals surface area contributed by atoms with Crippen LogP contribution in [-0.4, -0.2) is 28.2 Å². The van der Waals surface area contributed by atoms with Gasteiger partial charge in [0.1, 0.15) is 0 Å². The summed E-state index contributed by atoms with van der Waals surface area (Å²) in [5, 5.41) is 19.4. The second kappa shape index (κ2) is 4.84. The molecule has 0 bridgehead atoms. The summed E-state index contributed by atoms with van der Waals surface area (Å²) in [4.78, 5) is 24.9. The van der Waals surface area contributed by atoms with E-state index in [9.17, 15) is 9.59 Å². The average molecular weight is 238 g/mol. The van der Waals surface area contributed by atoms with Crippen molar-refractivity contribution in [1.29, 1.82) is 0 Å². The number of guanidine groups is 1. The number of carboxylic acids is 1. The number of nitrogens with one attached hydrogen (secondary N) is 1. The Morgan fingerprint density at radius 3 is 2.35 bits per heavy atom. The lowest BCUT2D eigenvalue weighted by Crippen LogP contribution is -2.22. The van der Waals surface area contributed by atoms with E-state index in [1.54, 1.807) is 0 Å². The van der Waals surface area contributed by atoms with E-state index in [4.69, 9.17) is 21.7 Å². The van der Waals surface area contributed by atoms with Crippen molar-refractivity contribution in [1.82, 2.24) is 0 Å². The highest BCUT2D eigenvalue weighted by molar-refractivity contribution is 5.94. The normalized spacial score (nSPS) is 9.41. The number of rotatable bonds is 3. The third-order valence-corrected chi connectivity index (χ3v) is 1.74. The number of amides is 1. The SMILES string of the molecule is NC(N)=Nc1cc(C(=O)O)ccc1NC(=O)O. The van der Waals surface area contributed by atoms with E-state index in [1.165, 1.54) is 12.1 Å². The molecule has 0 aromatic heterocycles. The number of hydrogen-bond donors (Lipinski definition) is 5. The summed E-state index contributed by atoms with van der Waals surface area (Å²) >= 11 is 0. The first-order chi connectivity index (χ1) is 7.90. The summed E-state index contributed by atoms with van der Waals surface area (Å²) in [6.07, 6.45) is -1.31. The summed E-state index contributed by atoms with van der Waals surface area (Å²) in [7, 11) is 0. The maximum absolute atomic E-state index is 10.7. The molecule has 8 heteroatoms. The standard InChI is InChI=1S/C9H10N4O4/c10-8(11)12-6-3-4(7(14)15)1-2-5(6)13-9(16)17/h1-3,13H,(H,14,15)(H,16,17)(H4,10,11,12). The molecule has 0 aliphatic rings. The van der Waals surface area contributed by atoms with Crippen LogP contribution in [0.4, 0.5) is 16.2 Å². The minimum atomic E-state index is -1.31. The molecule has 0 heterocycles. The first kappa shape index (κ1) is 12.3. The summed E-state index contributed by atoms with van der Waals surface area (Å²) in [6, 6.07) is 3.66. The van der Waals surface area contributed by atoms with Gasteiger partial charge in [-0.05, 0) is 18.2 Å². The van der Waals surface area contributed by atoms with Crippen LogP contribution >= 0.6 is 0 Å². The molecule has 0 saturated carbocycles. The van der Waals surface area contributed by atoms with Crippen LogP contribution in [-0.2, 0) is 0 Å². The van der Waals surface area contributed by atoms with Crippen molar-refractivity contribution in [2.24, 2.45) is 16.5 Å². The van der Waals surface area contributed by atoms with Crippen molar-refractivity contribution in [2.75, 3.05) is 5.32 Å². The Morgan fingerprint density at radius 1 is 1.24 bits per heavy atom. The largest absolute Gasteiger partial charge is 0.478 e. The predicted molar refractivity (Wildman–Crippen MR) is 60.5 cm³/mol. The molecular weight excluding hydrogens is 228 g/mol. The molecule has 1 aromatic carbocycles. The molecule has 0 aliphatic carbocycles. The zero-order valence-electron chi connectivity index (χ0n) is 8.54. The van der Waals surface area contributed by atoms with E-state index >= 15 is 0 Å². The highest BCUT2D eigenvalue weighted by Crippen LogP contribution is 2.26. The number of aliphatic imine (C=N–C) groups is 1. The van der Waals surface area contributed by atoms with Crippen LogP contribution in [0.25, 0.3) is 0 Å². The molecule has 1 aromatic rings. The van der Waals surface area contributed by atoms with Crippen LogP contribution in [0.15, 0.2) is 23.2 Å². The monoisotopic (exact) mass is 238 g/mol. The molecule has 0 aliphatic heterocycles. The van der Waals surface area contributed by atoms with E-state index in [0.717, 1.165) is 6.07 Å². The number of nitrogens with two attached hydrogens (primary N) is 2. The lowest BCUT2D eigenvalue weighted by atomic mass is 10.1. The van der Waals surface area contributed by atoms with Gasteiger partial charge in [0.2, 0.25) is 0 Å². The van der Waals surface area contributed by atoms with E-state index in [-0.39, 0.29) is 22.9 Å². The number of hydrogen-bond acceptors (Lipinski definition) is 3. The molecule has 0 unspecified atom stereocenters. The topological polar surface area (TPSA) is 151 Å². The maximum Gasteiger partial charge on any atom is 0.409 e. The predicted octanol–water partition coefficient (Wildman–Crippen LogP) is 0.380. The minimum absolute atomic E-state index is 0.0345. The van der Waals surface area contributed by atoms with Gasteiger partial charge in [0.15, 0.2) is 5.96 Å². The molecule has 8 nitrogen and oxygen atoms in total. The number of benzene rings is 1. The number of aromatic carboxylic acids is 1. The fraction of sp³-hybridized carbons (Fsp3) is 0. The van der Waals surface area contributed by atoms with E-state index < -0.39 is 12.1 Å². The van der Waals surface area contributed by atoms with Gasteiger partial charge < -0.3 is 21.7 Å². The second-order valence-electron chi connectivity index (χ2n) is 3.00. The Kier molecular flexibility index (Phi) is 3.50. The summed E-state index contributed by atoms with van der Waals surface area (Å²) < 4.78 is 0. The third-order valence-electron chi connectivity index (χ3n) is 1.74. The van der Waals surface area contributed by atoms with Crippen molar-refractivity contribution in [3.05, 3.63) is 23.8 Å². The smallest absolute Gasteiger partial charge is 0.409 e. The Bertz CT molecular complexity index is 494. The first-order valence-electron chi connectivity index (χ1n) is 4.37. The third kappa shape index (κ3) is 3.38. The fourth-order valence-electron chi connectivity index (χ4n) is 1.12. The highest BCUT2D eigenvalue weighted by Gasteiger charge is 2.10. The first-order valence-corrected chi connectivity index (χ1v) is 4.37. The number of anilines is 1. The molecule has 0 saturated heterocycles. The molecule has 0 radical (unpaired) electrons. The van der Waals surface area contributed by atoms with Crippen LogP contribution in [0.3, 0.4) is 0 Å². The van der Waals surface area contributed by atoms with Gasteiger partial charge in [-0.2, -0.15) is 0 Å². The molecule has 0 fully saturated rings. The van der Waals surface area contributed by atoms with E-state index in [1.807, 2.05) is 0 Å². The lowest BCUT2D eigenvalue weighted by molar-refractivity contribution is 0.0697. The lowest BCUT2D eigenvalue weighted by Gasteiger charge is -2.06. The fourth-order valence-corrected chi connectivity index (χ4v) is 1.12. The number of carbonyl (C=O) groups is 2. The van der Waals surface area contributed by atoms with E-state index in [0.29, 0.717) is 0 Å². The van der Waals surface area contributed by atoms with Crippen LogP contribution in [0.5, 0.6) is 0 Å². The van der Waals surface area contributed by atoms with Crippen LogP contribution in [0.1, 0.15) is 10.4 Å². The molecule has 90 valence electrons. The van der Waals surface area contributed by atoms with Crippen molar-refractivity contribution < 1.29 is 19.8 Å². The van der Waals surface area contributed by atoms with Gasteiger partial charge in [-0.25, -0.2) is 14.6 Å². The van der Waals surface area contributed by atoms with Crippen LogP contribution in [0, 0.1) is 0 Å². The van der Waals surface area contributed by atoms with Crippen molar-refractivity contribution >= 4 is 29.4 Å². The van der Waals surface area contributed by atoms with Gasteiger partial charge in [0.25, 0.3) is 0 Å². The van der Waals surface area contributed by atoms with Gasteiger partial charge in [0, 0.05) is 0 Å². The maximum atomic E-state index is 10.7. The average Bonchev–Trinajstić information content (AvgIpc) is 2.18. The molecule has 0 spiro atoms. The van der Waals surface area contributed by atoms with Gasteiger partial charge in [-0.1, -0.05) is 0 Å². The summed E-state index contributed by atoms with van der Waals surface area (Å²) in [6.45, 7) is 0. The Hall–Kier alpha value is -2.77. The molecule has 0 atom stereocenters. The van der Waals surface area contributed by atoms with Crippen molar-refractivity contribution in [2.45, 2.75) is 0 Å². The molecule has 1 rings (SSSR count). The van der Waals surface area contributed by atoms with Gasteiger partial charge in [-0.15, -0.1) is 0 Å². The van der Waals surface area contributed by atoms with Gasteiger partial charge in [0.05, 0.1) is 16.9 Å². The van der Waals surface area contributed by atoms with Crippen molar-refractivity contribution in [3.63, 3.8) is 0 Å². The Morgan fingerprint density at radius 2 is 1.88 bits per heavy atom. The Labute approximate surface area is 95.6 Å². The van der Waals surface area contributed by atoms with Crippen molar-refractivity contribution in [3.8, 4) is 0 Å². The van der Waals surface area contributed by atoms with Crippen LogP contribution in [0.2, 0.25) is 0 Å². The highest BCUT2D eigenvalue weighted by atomic mass is 16.4. The molecule has 1 amide bonds. The summed E-state index contributed by atoms with van der Waals surface area (Å²) in [5.74, 6) is -1.47. The molecular formula is C9H10N4O4. The van der Waals surface area contributed by atoms with Gasteiger partial charge in [-0.3, -0.25) is 5.32 Å². The number of carboxylic acid groups (broad SMARTS) is 2. The quantitative estimate of drug-likeness (QED) is 0.379.